The maximum Gasteiger partial charge on any atom is 0.223 e. The first kappa shape index (κ1) is 21.0. The van der Waals surface area contributed by atoms with Gasteiger partial charge >= 0.3 is 0 Å². The number of amides is 1. The lowest BCUT2D eigenvalue weighted by Gasteiger charge is -2.21. The number of benzene rings is 1. The summed E-state index contributed by atoms with van der Waals surface area (Å²) in [5, 5.41) is 11.9. The second kappa shape index (κ2) is 9.71. The highest BCUT2D eigenvalue weighted by Crippen LogP contribution is 2.17. The number of aryl methyl sites for hydroxylation is 2. The standard InChI is InChI=1S/C23H33N5O2/c1-17-3-4-18(2)20(15-17)16-27-10-6-22-26-25-21(28(22)12-11-27)5-9-24-23(29)19-7-13-30-14-8-19/h3-4,15,19H,5-14,16H2,1-2H3,(H,24,29). The Labute approximate surface area is 178 Å². The first-order valence-corrected chi connectivity index (χ1v) is 11.1. The molecule has 2 aliphatic rings. The Kier molecular flexibility index (Phi) is 6.79. The predicted octanol–water partition coefficient (Wildman–Crippen LogP) is 2.04. The Morgan fingerprint density at radius 2 is 2.00 bits per heavy atom. The number of fused-ring (bicyclic) bond motifs is 1. The molecule has 30 heavy (non-hydrogen) atoms. The van der Waals surface area contributed by atoms with Crippen LogP contribution in [0, 0.1) is 19.8 Å². The van der Waals surface area contributed by atoms with Crippen molar-refractivity contribution in [2.75, 3.05) is 32.8 Å². The minimum absolute atomic E-state index is 0.0907. The summed E-state index contributed by atoms with van der Waals surface area (Å²) in [6.07, 6.45) is 3.27. The second-order valence-corrected chi connectivity index (χ2v) is 8.57. The summed E-state index contributed by atoms with van der Waals surface area (Å²) < 4.78 is 7.59. The van der Waals surface area contributed by atoms with Gasteiger partial charge in [-0.1, -0.05) is 23.8 Å². The molecule has 4 rings (SSSR count). The zero-order chi connectivity index (χ0) is 20.9. The van der Waals surface area contributed by atoms with Crippen molar-refractivity contribution in [2.45, 2.75) is 52.6 Å². The van der Waals surface area contributed by atoms with Crippen LogP contribution < -0.4 is 5.32 Å². The summed E-state index contributed by atoms with van der Waals surface area (Å²) in [5.41, 5.74) is 4.07. The lowest BCUT2D eigenvalue weighted by atomic mass is 9.99. The molecule has 0 aliphatic carbocycles. The van der Waals surface area contributed by atoms with Crippen LogP contribution >= 0.6 is 0 Å². The minimum atomic E-state index is 0.0907. The third-order valence-corrected chi connectivity index (χ3v) is 6.33. The second-order valence-electron chi connectivity index (χ2n) is 8.57. The molecular weight excluding hydrogens is 378 g/mol. The fourth-order valence-corrected chi connectivity index (χ4v) is 4.38. The van der Waals surface area contributed by atoms with Gasteiger partial charge in [-0.25, -0.2) is 0 Å². The van der Waals surface area contributed by atoms with E-state index in [2.05, 4.69) is 57.0 Å². The van der Waals surface area contributed by atoms with Crippen molar-refractivity contribution in [3.05, 3.63) is 46.5 Å². The van der Waals surface area contributed by atoms with E-state index in [1.54, 1.807) is 0 Å². The van der Waals surface area contributed by atoms with E-state index in [1.807, 2.05) is 0 Å². The van der Waals surface area contributed by atoms with Gasteiger partial charge in [0.2, 0.25) is 5.91 Å². The van der Waals surface area contributed by atoms with Crippen molar-refractivity contribution in [1.82, 2.24) is 25.0 Å². The van der Waals surface area contributed by atoms with E-state index >= 15 is 0 Å². The van der Waals surface area contributed by atoms with Gasteiger partial charge in [0.1, 0.15) is 11.6 Å². The molecule has 1 fully saturated rings. The molecular formula is C23H33N5O2. The molecule has 0 saturated carbocycles. The van der Waals surface area contributed by atoms with E-state index in [1.165, 1.54) is 16.7 Å². The number of rotatable bonds is 6. The van der Waals surface area contributed by atoms with Crippen LogP contribution in [0.1, 0.15) is 41.2 Å². The molecule has 1 saturated heterocycles. The first-order chi connectivity index (χ1) is 14.6. The van der Waals surface area contributed by atoms with E-state index in [9.17, 15) is 4.79 Å². The van der Waals surface area contributed by atoms with Gasteiger partial charge < -0.3 is 14.6 Å². The van der Waals surface area contributed by atoms with Crippen molar-refractivity contribution in [3.63, 3.8) is 0 Å². The Bertz CT molecular complexity index is 872. The quantitative estimate of drug-likeness (QED) is 0.788. The number of hydrogen-bond donors (Lipinski definition) is 1. The van der Waals surface area contributed by atoms with Crippen molar-refractivity contribution < 1.29 is 9.53 Å². The Morgan fingerprint density at radius 3 is 2.83 bits per heavy atom. The predicted molar refractivity (Wildman–Crippen MR) is 115 cm³/mol. The fraction of sp³-hybridized carbons (Fsp3) is 0.609. The van der Waals surface area contributed by atoms with Crippen molar-refractivity contribution in [1.29, 1.82) is 0 Å². The third kappa shape index (κ3) is 5.08. The van der Waals surface area contributed by atoms with Gasteiger partial charge in [-0.05, 0) is 37.8 Å². The van der Waals surface area contributed by atoms with E-state index in [4.69, 9.17) is 4.74 Å². The number of carbonyl (C=O) groups excluding carboxylic acids is 1. The molecule has 7 nitrogen and oxygen atoms in total. The highest BCUT2D eigenvalue weighted by molar-refractivity contribution is 5.78. The molecule has 2 aliphatic heterocycles. The SMILES string of the molecule is Cc1ccc(C)c(CN2CCc3nnc(CCNC(=O)C4CCOCC4)n3CC2)c1. The summed E-state index contributed by atoms with van der Waals surface area (Å²) in [7, 11) is 0. The first-order valence-electron chi connectivity index (χ1n) is 11.1. The van der Waals surface area contributed by atoms with E-state index in [0.717, 1.165) is 63.5 Å². The van der Waals surface area contributed by atoms with Crippen molar-refractivity contribution in [2.24, 2.45) is 5.92 Å². The molecule has 0 unspecified atom stereocenters. The Balaban J connectivity index is 1.30. The van der Waals surface area contributed by atoms with Crippen molar-refractivity contribution in [3.8, 4) is 0 Å². The molecule has 1 aromatic carbocycles. The van der Waals surface area contributed by atoms with Crippen molar-refractivity contribution >= 4 is 5.91 Å². The summed E-state index contributed by atoms with van der Waals surface area (Å²) in [6.45, 7) is 10.2. The molecule has 0 bridgehead atoms. The largest absolute Gasteiger partial charge is 0.381 e. The third-order valence-electron chi connectivity index (χ3n) is 6.33. The Hall–Kier alpha value is -2.25. The molecule has 1 amide bonds. The number of carbonyl (C=O) groups is 1. The monoisotopic (exact) mass is 411 g/mol. The van der Waals surface area contributed by atoms with Crippen LogP contribution in [0.4, 0.5) is 0 Å². The molecule has 7 heteroatoms. The summed E-state index contributed by atoms with van der Waals surface area (Å²) in [6, 6.07) is 6.69. The van der Waals surface area contributed by atoms with E-state index in [0.29, 0.717) is 19.8 Å². The van der Waals surface area contributed by atoms with Crippen LogP contribution in [-0.4, -0.2) is 58.4 Å². The molecule has 2 aromatic rings. The summed E-state index contributed by atoms with van der Waals surface area (Å²) in [4.78, 5) is 14.8. The van der Waals surface area contributed by atoms with Crippen LogP contribution in [0.2, 0.25) is 0 Å². The van der Waals surface area contributed by atoms with Crippen LogP contribution in [0.15, 0.2) is 18.2 Å². The zero-order valence-electron chi connectivity index (χ0n) is 18.2. The number of nitrogens with one attached hydrogen (secondary N) is 1. The van der Waals surface area contributed by atoms with Crippen LogP contribution in [-0.2, 0) is 35.5 Å². The molecule has 0 spiro atoms. The zero-order valence-corrected chi connectivity index (χ0v) is 18.2. The van der Waals surface area contributed by atoms with E-state index < -0.39 is 0 Å². The lowest BCUT2D eigenvalue weighted by molar-refractivity contribution is -0.127. The average Bonchev–Trinajstić information content (AvgIpc) is 3.03. The molecule has 0 atom stereocenters. The molecule has 1 aromatic heterocycles. The average molecular weight is 412 g/mol. The molecule has 162 valence electrons. The number of hydrogen-bond acceptors (Lipinski definition) is 5. The highest BCUT2D eigenvalue weighted by Gasteiger charge is 2.22. The van der Waals surface area contributed by atoms with Gasteiger partial charge in [-0.2, -0.15) is 0 Å². The number of ether oxygens (including phenoxy) is 1. The van der Waals surface area contributed by atoms with Gasteiger partial charge in [-0.3, -0.25) is 9.69 Å². The van der Waals surface area contributed by atoms with Crippen LogP contribution in [0.3, 0.4) is 0 Å². The normalized spacial score (nSPS) is 18.1. The maximum atomic E-state index is 12.3. The van der Waals surface area contributed by atoms with E-state index in [-0.39, 0.29) is 11.8 Å². The highest BCUT2D eigenvalue weighted by atomic mass is 16.5. The number of aromatic nitrogens is 3. The topological polar surface area (TPSA) is 72.3 Å². The smallest absolute Gasteiger partial charge is 0.223 e. The lowest BCUT2D eigenvalue weighted by Crippen LogP contribution is -2.35. The van der Waals surface area contributed by atoms with Gasteiger partial charge in [0, 0.05) is 64.7 Å². The molecule has 3 heterocycles. The maximum absolute atomic E-state index is 12.3. The fourth-order valence-electron chi connectivity index (χ4n) is 4.38. The van der Waals surface area contributed by atoms with Gasteiger partial charge in [0.15, 0.2) is 0 Å². The van der Waals surface area contributed by atoms with Gasteiger partial charge in [0.25, 0.3) is 0 Å². The number of nitrogens with zero attached hydrogens (tertiary/aromatic N) is 4. The van der Waals surface area contributed by atoms with Gasteiger partial charge in [-0.15, -0.1) is 10.2 Å². The summed E-state index contributed by atoms with van der Waals surface area (Å²) >= 11 is 0. The Morgan fingerprint density at radius 1 is 1.17 bits per heavy atom. The minimum Gasteiger partial charge on any atom is -0.381 e. The molecule has 0 radical (unpaired) electrons. The molecule has 1 N–H and O–H groups in total. The van der Waals surface area contributed by atoms with Gasteiger partial charge in [0.05, 0.1) is 0 Å². The van der Waals surface area contributed by atoms with Crippen LogP contribution in [0.5, 0.6) is 0 Å². The summed E-state index contributed by atoms with van der Waals surface area (Å²) in [5.74, 6) is 2.27. The van der Waals surface area contributed by atoms with Crippen LogP contribution in [0.25, 0.3) is 0 Å².